The minimum absolute atomic E-state index is 0.497. The summed E-state index contributed by atoms with van der Waals surface area (Å²) in [6.45, 7) is 9.21. The number of hydrogen-bond donors (Lipinski definition) is 1. The van der Waals surface area contributed by atoms with Crippen LogP contribution < -0.4 is 0 Å². The predicted octanol–water partition coefficient (Wildman–Crippen LogP) is 3.05. The van der Waals surface area contributed by atoms with E-state index in [2.05, 4.69) is 24.8 Å². The van der Waals surface area contributed by atoms with Crippen molar-refractivity contribution < 1.29 is 5.11 Å². The second kappa shape index (κ2) is 8.21. The molecule has 0 heterocycles. The fourth-order valence-corrected chi connectivity index (χ4v) is 3.08. The monoisotopic (exact) mass is 278 g/mol. The predicted molar refractivity (Wildman–Crippen MR) is 80.3 cm³/mol. The molecule has 3 nitrogen and oxygen atoms in total. The van der Waals surface area contributed by atoms with Gasteiger partial charge in [0.05, 0.1) is 17.7 Å². The maximum Gasteiger partial charge on any atom is 0.0992 e. The fraction of sp³-hybridized carbons (Fsp3) is 0.533. The lowest BCUT2D eigenvalue weighted by Crippen LogP contribution is -2.25. The van der Waals surface area contributed by atoms with Crippen LogP contribution in [0.2, 0.25) is 0 Å². The molecule has 19 heavy (non-hydrogen) atoms. The van der Waals surface area contributed by atoms with Crippen LogP contribution in [0.1, 0.15) is 38.0 Å². The minimum Gasteiger partial charge on any atom is -0.389 e. The zero-order valence-corrected chi connectivity index (χ0v) is 12.7. The van der Waals surface area contributed by atoms with E-state index in [-0.39, 0.29) is 0 Å². The van der Waals surface area contributed by atoms with E-state index in [4.69, 9.17) is 5.26 Å². The number of nitriles is 1. The van der Waals surface area contributed by atoms with Gasteiger partial charge < -0.3 is 10.0 Å². The van der Waals surface area contributed by atoms with Gasteiger partial charge in [-0.05, 0) is 37.7 Å². The smallest absolute Gasteiger partial charge is 0.0992 e. The third-order valence-corrected chi connectivity index (χ3v) is 4.20. The minimum atomic E-state index is -0.497. The van der Waals surface area contributed by atoms with Gasteiger partial charge in [0.25, 0.3) is 0 Å². The van der Waals surface area contributed by atoms with Gasteiger partial charge in [0.2, 0.25) is 0 Å². The normalized spacial score (nSPS) is 12.4. The lowest BCUT2D eigenvalue weighted by molar-refractivity contribution is 0.196. The summed E-state index contributed by atoms with van der Waals surface area (Å²) >= 11 is 1.71. The number of thioether (sulfide) groups is 1. The summed E-state index contributed by atoms with van der Waals surface area (Å²) in [5.74, 6) is 0.969. The molecule has 0 spiro atoms. The second-order valence-electron chi connectivity index (χ2n) is 4.42. The van der Waals surface area contributed by atoms with Crippen molar-refractivity contribution in [3.05, 3.63) is 29.3 Å². The van der Waals surface area contributed by atoms with Crippen LogP contribution in [0.3, 0.4) is 0 Å². The van der Waals surface area contributed by atoms with E-state index in [0.29, 0.717) is 5.56 Å². The van der Waals surface area contributed by atoms with E-state index in [1.165, 1.54) is 0 Å². The highest BCUT2D eigenvalue weighted by atomic mass is 32.2. The SMILES string of the molecule is CCN(CC)CCSc1cc(C#N)ccc1[C@H](C)O. The third-order valence-electron chi connectivity index (χ3n) is 3.15. The molecule has 1 rings (SSSR count). The van der Waals surface area contributed by atoms with Crippen molar-refractivity contribution in [1.82, 2.24) is 4.90 Å². The first-order valence-corrected chi connectivity index (χ1v) is 7.68. The first-order chi connectivity index (χ1) is 9.12. The first kappa shape index (κ1) is 16.0. The Bertz CT molecular complexity index is 436. The summed E-state index contributed by atoms with van der Waals surface area (Å²) in [6, 6.07) is 7.63. The van der Waals surface area contributed by atoms with Crippen LogP contribution in [-0.2, 0) is 0 Å². The zero-order valence-electron chi connectivity index (χ0n) is 11.9. The maximum absolute atomic E-state index is 9.76. The van der Waals surface area contributed by atoms with Crippen LogP contribution in [-0.4, -0.2) is 35.4 Å². The average molecular weight is 278 g/mol. The number of nitrogens with zero attached hydrogens (tertiary/aromatic N) is 2. The first-order valence-electron chi connectivity index (χ1n) is 6.69. The Morgan fingerprint density at radius 3 is 2.58 bits per heavy atom. The molecule has 0 aliphatic heterocycles. The molecule has 1 aromatic rings. The van der Waals surface area contributed by atoms with Crippen LogP contribution in [0.5, 0.6) is 0 Å². The summed E-state index contributed by atoms with van der Waals surface area (Å²) < 4.78 is 0. The molecule has 1 aromatic carbocycles. The van der Waals surface area contributed by atoms with Gasteiger partial charge in [0.1, 0.15) is 0 Å². The Balaban J connectivity index is 2.73. The van der Waals surface area contributed by atoms with Gasteiger partial charge in [0, 0.05) is 17.2 Å². The highest BCUT2D eigenvalue weighted by molar-refractivity contribution is 7.99. The van der Waals surface area contributed by atoms with Crippen molar-refractivity contribution in [3.8, 4) is 6.07 Å². The molecular formula is C15H22N2OS. The van der Waals surface area contributed by atoms with Crippen molar-refractivity contribution in [2.75, 3.05) is 25.4 Å². The largest absolute Gasteiger partial charge is 0.389 e. The topological polar surface area (TPSA) is 47.3 Å². The Hall–Kier alpha value is -1.02. The van der Waals surface area contributed by atoms with Gasteiger partial charge in [0.15, 0.2) is 0 Å². The molecule has 0 amide bonds. The summed E-state index contributed by atoms with van der Waals surface area (Å²) in [7, 11) is 0. The lowest BCUT2D eigenvalue weighted by Gasteiger charge is -2.18. The number of rotatable bonds is 7. The maximum atomic E-state index is 9.76. The molecule has 0 fully saturated rings. The third kappa shape index (κ3) is 4.87. The molecule has 0 aromatic heterocycles. The summed E-state index contributed by atoms with van der Waals surface area (Å²) in [4.78, 5) is 3.38. The quantitative estimate of drug-likeness (QED) is 0.779. The Morgan fingerprint density at radius 2 is 2.05 bits per heavy atom. The van der Waals surface area contributed by atoms with E-state index >= 15 is 0 Å². The molecule has 0 aliphatic carbocycles. The Morgan fingerprint density at radius 1 is 1.37 bits per heavy atom. The molecule has 0 radical (unpaired) electrons. The highest BCUT2D eigenvalue weighted by Gasteiger charge is 2.10. The molecule has 0 saturated carbocycles. The number of benzene rings is 1. The molecular weight excluding hydrogens is 256 g/mol. The van der Waals surface area contributed by atoms with Gasteiger partial charge in [-0.15, -0.1) is 11.8 Å². The van der Waals surface area contributed by atoms with Crippen molar-refractivity contribution in [3.63, 3.8) is 0 Å². The molecule has 0 saturated heterocycles. The van der Waals surface area contributed by atoms with E-state index in [1.807, 2.05) is 12.1 Å². The van der Waals surface area contributed by atoms with Gasteiger partial charge in [-0.1, -0.05) is 19.9 Å². The molecule has 0 aliphatic rings. The second-order valence-corrected chi connectivity index (χ2v) is 5.55. The molecule has 1 N–H and O–H groups in total. The molecule has 1 atom stereocenters. The molecule has 4 heteroatoms. The van der Waals surface area contributed by atoms with Crippen LogP contribution in [0, 0.1) is 11.3 Å². The van der Waals surface area contributed by atoms with Gasteiger partial charge in [-0.2, -0.15) is 5.26 Å². The van der Waals surface area contributed by atoms with Crippen molar-refractivity contribution in [2.45, 2.75) is 31.8 Å². The van der Waals surface area contributed by atoms with Gasteiger partial charge in [-0.3, -0.25) is 0 Å². The lowest BCUT2D eigenvalue weighted by atomic mass is 10.1. The van der Waals surface area contributed by atoms with Crippen LogP contribution in [0.15, 0.2) is 23.1 Å². The zero-order chi connectivity index (χ0) is 14.3. The van der Waals surface area contributed by atoms with E-state index in [9.17, 15) is 5.11 Å². The fourth-order valence-electron chi connectivity index (χ4n) is 1.90. The van der Waals surface area contributed by atoms with E-state index in [0.717, 1.165) is 35.8 Å². The van der Waals surface area contributed by atoms with Gasteiger partial charge in [-0.25, -0.2) is 0 Å². The van der Waals surface area contributed by atoms with Crippen LogP contribution in [0.4, 0.5) is 0 Å². The number of aliphatic hydroxyl groups excluding tert-OH is 1. The van der Waals surface area contributed by atoms with Crippen molar-refractivity contribution >= 4 is 11.8 Å². The molecule has 0 unspecified atom stereocenters. The summed E-state index contributed by atoms with van der Waals surface area (Å²) in [5.41, 5.74) is 1.55. The number of hydrogen-bond acceptors (Lipinski definition) is 4. The van der Waals surface area contributed by atoms with Crippen molar-refractivity contribution in [2.24, 2.45) is 0 Å². The van der Waals surface area contributed by atoms with Crippen molar-refractivity contribution in [1.29, 1.82) is 5.26 Å². The summed E-state index contributed by atoms with van der Waals surface area (Å²) in [6.07, 6.45) is -0.497. The Kier molecular flexibility index (Phi) is 6.93. The van der Waals surface area contributed by atoms with E-state index in [1.54, 1.807) is 24.8 Å². The summed E-state index contributed by atoms with van der Waals surface area (Å²) in [5, 5.41) is 18.7. The van der Waals surface area contributed by atoms with Crippen LogP contribution >= 0.6 is 11.8 Å². The standard InChI is InChI=1S/C15H22N2OS/c1-4-17(5-2)8-9-19-15-10-13(11-16)6-7-14(15)12(3)18/h6-7,10,12,18H,4-5,8-9H2,1-3H3/t12-/m0/s1. The van der Waals surface area contributed by atoms with E-state index < -0.39 is 6.10 Å². The Labute approximate surface area is 120 Å². The average Bonchev–Trinajstić information content (AvgIpc) is 2.43. The number of aliphatic hydroxyl groups is 1. The molecule has 0 bridgehead atoms. The van der Waals surface area contributed by atoms with Gasteiger partial charge >= 0.3 is 0 Å². The molecule has 104 valence electrons. The van der Waals surface area contributed by atoms with Crippen LogP contribution in [0.25, 0.3) is 0 Å². The highest BCUT2D eigenvalue weighted by Crippen LogP contribution is 2.28.